The van der Waals surface area contributed by atoms with Gasteiger partial charge in [0, 0.05) is 31.3 Å². The first-order chi connectivity index (χ1) is 17.4. The van der Waals surface area contributed by atoms with Crippen LogP contribution < -0.4 is 15.5 Å². The molecular formula is C22H24N10O3S. The Balaban J connectivity index is 1.39. The number of benzene rings is 1. The van der Waals surface area contributed by atoms with Crippen molar-refractivity contribution >= 4 is 40.0 Å². The van der Waals surface area contributed by atoms with Crippen LogP contribution in [0.25, 0.3) is 11.4 Å². The summed E-state index contributed by atoms with van der Waals surface area (Å²) in [6.45, 7) is 3.48. The van der Waals surface area contributed by atoms with Crippen molar-refractivity contribution in [2.45, 2.75) is 32.4 Å². The molecule has 0 atom stereocenters. The van der Waals surface area contributed by atoms with E-state index in [-0.39, 0.29) is 11.0 Å². The Kier molecular flexibility index (Phi) is 6.69. The first-order valence-electron chi connectivity index (χ1n) is 11.3. The van der Waals surface area contributed by atoms with Crippen LogP contribution >= 0.6 is 11.3 Å². The van der Waals surface area contributed by atoms with Gasteiger partial charge in [-0.1, -0.05) is 29.5 Å². The minimum atomic E-state index is -1.02. The van der Waals surface area contributed by atoms with E-state index in [2.05, 4.69) is 51.1 Å². The van der Waals surface area contributed by atoms with Gasteiger partial charge in [-0.25, -0.2) is 9.78 Å². The maximum Gasteiger partial charge on any atom is 0.347 e. The highest BCUT2D eigenvalue weighted by molar-refractivity contribution is 7.17. The second kappa shape index (κ2) is 10.2. The molecule has 13 nitrogen and oxygen atoms in total. The van der Waals surface area contributed by atoms with E-state index in [4.69, 9.17) is 0 Å². The van der Waals surface area contributed by atoms with Crippen LogP contribution in [0.1, 0.15) is 33.8 Å². The molecule has 0 spiro atoms. The molecule has 0 radical (unpaired) electrons. The molecule has 5 rings (SSSR count). The summed E-state index contributed by atoms with van der Waals surface area (Å²) in [5.74, 6) is 1.08. The van der Waals surface area contributed by atoms with Crippen molar-refractivity contribution in [3.05, 3.63) is 46.5 Å². The molecule has 0 saturated carbocycles. The van der Waals surface area contributed by atoms with Gasteiger partial charge in [-0.3, -0.25) is 5.32 Å². The lowest BCUT2D eigenvalue weighted by Crippen LogP contribution is -2.36. The van der Waals surface area contributed by atoms with Crippen molar-refractivity contribution in [1.29, 1.82) is 0 Å². The summed E-state index contributed by atoms with van der Waals surface area (Å²) in [6.07, 6.45) is 1.01. The van der Waals surface area contributed by atoms with Crippen LogP contribution in [0.2, 0.25) is 0 Å². The highest BCUT2D eigenvalue weighted by Gasteiger charge is 2.20. The number of piperidine rings is 1. The molecule has 4 heterocycles. The van der Waals surface area contributed by atoms with Crippen LogP contribution in [-0.2, 0) is 6.54 Å². The number of aromatic nitrogens is 7. The predicted molar refractivity (Wildman–Crippen MR) is 134 cm³/mol. The van der Waals surface area contributed by atoms with Gasteiger partial charge in [0.25, 0.3) is 0 Å². The lowest BCUT2D eigenvalue weighted by atomic mass is 10.1. The second-order valence-corrected chi connectivity index (χ2v) is 9.31. The number of hydrogen-bond donors (Lipinski definition) is 5. The Morgan fingerprint density at radius 2 is 2.06 bits per heavy atom. The smallest absolute Gasteiger partial charge is 0.347 e. The Bertz CT molecular complexity index is 1350. The third-order valence-corrected chi connectivity index (χ3v) is 6.78. The molecule has 1 fully saturated rings. The summed E-state index contributed by atoms with van der Waals surface area (Å²) < 4.78 is 0. The van der Waals surface area contributed by atoms with Gasteiger partial charge >= 0.3 is 5.97 Å². The number of carboxylic acid groups (broad SMARTS) is 1. The lowest BCUT2D eigenvalue weighted by molar-refractivity contribution is 0.0701. The fraction of sp³-hybridized carbons (Fsp3) is 0.318. The van der Waals surface area contributed by atoms with E-state index in [9.17, 15) is 15.0 Å². The average Bonchev–Trinajstić information content (AvgIpc) is 3.53. The molecule has 1 aromatic carbocycles. The van der Waals surface area contributed by atoms with Crippen LogP contribution in [-0.4, -0.2) is 71.0 Å². The van der Waals surface area contributed by atoms with Crippen molar-refractivity contribution in [3.63, 3.8) is 0 Å². The molecule has 0 aliphatic carbocycles. The van der Waals surface area contributed by atoms with Gasteiger partial charge in [0.05, 0.1) is 11.8 Å². The predicted octanol–water partition coefficient (Wildman–Crippen LogP) is 2.44. The van der Waals surface area contributed by atoms with Gasteiger partial charge in [0.15, 0.2) is 5.13 Å². The largest absolute Gasteiger partial charge is 0.477 e. The maximum atomic E-state index is 11.4. The van der Waals surface area contributed by atoms with Crippen molar-refractivity contribution < 1.29 is 15.0 Å². The third kappa shape index (κ3) is 5.39. The molecule has 0 amide bonds. The molecule has 14 heteroatoms. The van der Waals surface area contributed by atoms with E-state index in [0.717, 1.165) is 22.5 Å². The molecule has 5 N–H and O–H groups in total. The summed E-state index contributed by atoms with van der Waals surface area (Å²) in [4.78, 5) is 27.2. The fourth-order valence-electron chi connectivity index (χ4n) is 3.88. The number of aryl methyl sites for hydroxylation is 1. The third-order valence-electron chi connectivity index (χ3n) is 5.71. The Morgan fingerprint density at radius 3 is 2.78 bits per heavy atom. The Morgan fingerprint density at radius 1 is 1.22 bits per heavy atom. The standard InChI is InChI=1S/C22H24N10O3S/c1-12-18(20(34)35)36-22(24-12)27-21-25-16(10-17(26-21)32-7-5-15(33)6-8-32)23-11-13-3-2-4-14(9-13)19-28-30-31-29-19/h2-4,9-10,15,33H,5-8,11H2,1H3,(H,34,35)(H,28,29,30,31)(H2,23,24,25,26,27). The Labute approximate surface area is 209 Å². The number of nitrogens with one attached hydrogen (secondary N) is 3. The minimum absolute atomic E-state index is 0.165. The van der Waals surface area contributed by atoms with Crippen LogP contribution in [0, 0.1) is 6.92 Å². The number of carbonyl (C=O) groups is 1. The highest BCUT2D eigenvalue weighted by atomic mass is 32.1. The van der Waals surface area contributed by atoms with E-state index in [0.29, 0.717) is 66.7 Å². The van der Waals surface area contributed by atoms with E-state index >= 15 is 0 Å². The molecule has 36 heavy (non-hydrogen) atoms. The first kappa shape index (κ1) is 23.6. The summed E-state index contributed by atoms with van der Waals surface area (Å²) in [5, 5.41) is 40.1. The van der Waals surface area contributed by atoms with E-state index in [1.165, 1.54) is 0 Å². The minimum Gasteiger partial charge on any atom is -0.477 e. The van der Waals surface area contributed by atoms with E-state index in [1.807, 2.05) is 30.3 Å². The number of nitrogens with zero attached hydrogens (tertiary/aromatic N) is 7. The average molecular weight is 509 g/mol. The zero-order chi connectivity index (χ0) is 25.1. The zero-order valence-electron chi connectivity index (χ0n) is 19.3. The van der Waals surface area contributed by atoms with Crippen molar-refractivity contribution in [3.8, 4) is 11.4 Å². The quantitative estimate of drug-likeness (QED) is 0.235. The number of aromatic amines is 1. The van der Waals surface area contributed by atoms with Crippen LogP contribution in [0.3, 0.4) is 0 Å². The van der Waals surface area contributed by atoms with Crippen LogP contribution in [0.4, 0.5) is 22.7 Å². The number of aliphatic hydroxyl groups is 1. The SMILES string of the molecule is Cc1nc(Nc2nc(NCc3cccc(-c4nn[nH]n4)c3)cc(N3CCC(O)CC3)n2)sc1C(=O)O. The van der Waals surface area contributed by atoms with Crippen LogP contribution in [0.5, 0.6) is 0 Å². The number of aromatic carboxylic acids is 1. The summed E-state index contributed by atoms with van der Waals surface area (Å²) in [5.41, 5.74) is 2.26. The van der Waals surface area contributed by atoms with Gasteiger partial charge in [-0.15, -0.1) is 10.2 Å². The summed E-state index contributed by atoms with van der Waals surface area (Å²) in [6, 6.07) is 9.64. The molecular weight excluding hydrogens is 484 g/mol. The number of tetrazole rings is 1. The van der Waals surface area contributed by atoms with Crippen LogP contribution in [0.15, 0.2) is 30.3 Å². The highest BCUT2D eigenvalue weighted by Crippen LogP contribution is 2.28. The summed E-state index contributed by atoms with van der Waals surface area (Å²) in [7, 11) is 0. The molecule has 1 aliphatic rings. The van der Waals surface area contributed by atoms with Crippen molar-refractivity contribution in [1.82, 2.24) is 35.6 Å². The monoisotopic (exact) mass is 508 g/mol. The van der Waals surface area contributed by atoms with Gasteiger partial charge in [0.1, 0.15) is 16.5 Å². The van der Waals surface area contributed by atoms with Gasteiger partial charge in [-0.05, 0) is 36.6 Å². The lowest BCUT2D eigenvalue weighted by Gasteiger charge is -2.30. The number of hydrogen-bond acceptors (Lipinski definition) is 12. The van der Waals surface area contributed by atoms with Gasteiger partial charge in [-0.2, -0.15) is 15.2 Å². The fourth-order valence-corrected chi connectivity index (χ4v) is 4.68. The Hall–Kier alpha value is -4.17. The van der Waals surface area contributed by atoms with E-state index in [1.54, 1.807) is 6.92 Å². The molecule has 186 valence electrons. The first-order valence-corrected chi connectivity index (χ1v) is 12.1. The molecule has 0 unspecified atom stereocenters. The van der Waals surface area contributed by atoms with Gasteiger partial charge in [0.2, 0.25) is 11.8 Å². The number of anilines is 4. The summed E-state index contributed by atoms with van der Waals surface area (Å²) >= 11 is 1.03. The normalized spacial score (nSPS) is 14.1. The van der Waals surface area contributed by atoms with Crippen molar-refractivity contribution in [2.24, 2.45) is 0 Å². The maximum absolute atomic E-state index is 11.4. The number of thiazole rings is 1. The van der Waals surface area contributed by atoms with Gasteiger partial charge < -0.3 is 20.4 Å². The number of carboxylic acids is 1. The van der Waals surface area contributed by atoms with Crippen molar-refractivity contribution in [2.75, 3.05) is 28.6 Å². The molecule has 4 aromatic rings. The second-order valence-electron chi connectivity index (χ2n) is 8.31. The topological polar surface area (TPSA) is 178 Å². The molecule has 3 aromatic heterocycles. The van der Waals surface area contributed by atoms with E-state index < -0.39 is 5.97 Å². The number of rotatable bonds is 8. The zero-order valence-corrected chi connectivity index (χ0v) is 20.2. The number of aliphatic hydroxyl groups excluding tert-OH is 1. The molecule has 1 saturated heterocycles. The molecule has 1 aliphatic heterocycles. The number of H-pyrrole nitrogens is 1. The molecule has 0 bridgehead atoms.